The predicted octanol–water partition coefficient (Wildman–Crippen LogP) is 4.82. The Morgan fingerprint density at radius 3 is 1.73 bits per heavy atom. The van der Waals surface area contributed by atoms with E-state index in [0.717, 1.165) is 0 Å². The van der Waals surface area contributed by atoms with E-state index in [1.807, 2.05) is 0 Å². The largest absolute Gasteiger partial charge is 0.0922 e. The summed E-state index contributed by atoms with van der Waals surface area (Å²) in [4.78, 5) is 0. The van der Waals surface area contributed by atoms with E-state index in [2.05, 4.69) is 66.2 Å². The molecule has 72 valence electrons. The molecule has 1 aromatic heterocycles. The second-order valence-electron chi connectivity index (χ2n) is 3.63. The van der Waals surface area contributed by atoms with E-state index in [4.69, 9.17) is 0 Å². The average Bonchev–Trinajstić information content (AvgIpc) is 2.74. The van der Waals surface area contributed by atoms with Crippen molar-refractivity contribution < 1.29 is 0 Å². The molecular weight excluding hydrogens is 199 g/mol. The summed E-state index contributed by atoms with van der Waals surface area (Å²) in [5.74, 6) is 4.78. The average molecular weight is 210 g/mol. The van der Waals surface area contributed by atoms with Gasteiger partial charge in [0.25, 0.3) is 0 Å². The lowest BCUT2D eigenvalue weighted by molar-refractivity contribution is 1.76. The number of benzene rings is 2. The maximum atomic E-state index is 2.39. The van der Waals surface area contributed by atoms with E-state index >= 15 is 0 Å². The van der Waals surface area contributed by atoms with Gasteiger partial charge in [0, 0.05) is 0 Å². The predicted molar refractivity (Wildman–Crippen MR) is 68.0 cm³/mol. The molecule has 0 saturated heterocycles. The third kappa shape index (κ3) is 1.58. The Labute approximate surface area is 90.2 Å². The first-order chi connectivity index (χ1) is 7.43. The van der Waals surface area contributed by atoms with Crippen LogP contribution in [0.4, 0.5) is 0 Å². The van der Waals surface area contributed by atoms with E-state index in [-0.39, 0.29) is 7.53 Å². The maximum absolute atomic E-state index is 2.39. The fourth-order valence-corrected chi connectivity index (χ4v) is 3.79. The lowest BCUT2D eigenvalue weighted by atomic mass is 10.2. The Hall–Kier alpha value is -1.52. The van der Waals surface area contributed by atoms with E-state index < -0.39 is 0 Å². The van der Waals surface area contributed by atoms with Gasteiger partial charge in [-0.05, 0) is 27.7 Å². The Kier molecular flexibility index (Phi) is 2.08. The van der Waals surface area contributed by atoms with Crippen LogP contribution in [-0.4, -0.2) is 0 Å². The van der Waals surface area contributed by atoms with Crippen molar-refractivity contribution in [3.05, 3.63) is 66.2 Å². The standard InChI is InChI=1S/C14H11P/c1-2-8-14(9-3-1)15-10-12-6-4-5-7-13(12)11-15/h1-11H. The Bertz CT molecular complexity index is 545. The van der Waals surface area contributed by atoms with Crippen LogP contribution in [-0.2, 0) is 0 Å². The highest BCUT2D eigenvalue weighted by Crippen LogP contribution is 2.43. The Morgan fingerprint density at radius 2 is 1.13 bits per heavy atom. The van der Waals surface area contributed by atoms with Gasteiger partial charge in [0.05, 0.1) is 0 Å². The third-order valence-corrected chi connectivity index (χ3v) is 4.61. The van der Waals surface area contributed by atoms with Gasteiger partial charge < -0.3 is 0 Å². The number of hydrogen-bond donors (Lipinski definition) is 0. The van der Waals surface area contributed by atoms with Gasteiger partial charge in [-0.25, -0.2) is 0 Å². The highest BCUT2D eigenvalue weighted by atomic mass is 31.1. The van der Waals surface area contributed by atoms with Crippen molar-refractivity contribution in [1.29, 1.82) is 0 Å². The molecule has 0 fully saturated rings. The highest BCUT2D eigenvalue weighted by Gasteiger charge is 2.00. The minimum absolute atomic E-state index is 0.217. The molecule has 0 atom stereocenters. The summed E-state index contributed by atoms with van der Waals surface area (Å²) in [5.41, 5.74) is 0. The first-order valence-electron chi connectivity index (χ1n) is 5.06. The zero-order valence-electron chi connectivity index (χ0n) is 8.30. The van der Waals surface area contributed by atoms with Crippen LogP contribution in [0.15, 0.2) is 66.2 Å². The van der Waals surface area contributed by atoms with Crippen molar-refractivity contribution in [3.8, 4) is 5.30 Å². The van der Waals surface area contributed by atoms with E-state index in [9.17, 15) is 0 Å². The second-order valence-corrected chi connectivity index (χ2v) is 5.48. The molecule has 0 aliphatic heterocycles. The van der Waals surface area contributed by atoms with Crippen LogP contribution in [0.1, 0.15) is 0 Å². The number of fused-ring (bicyclic) bond motifs is 1. The highest BCUT2D eigenvalue weighted by molar-refractivity contribution is 7.56. The molecule has 0 nitrogen and oxygen atoms in total. The van der Waals surface area contributed by atoms with Gasteiger partial charge >= 0.3 is 0 Å². The Morgan fingerprint density at radius 1 is 0.600 bits per heavy atom. The smallest absolute Gasteiger partial charge is 0.00215 e. The normalized spacial score (nSPS) is 10.7. The molecule has 0 radical (unpaired) electrons. The molecule has 1 heteroatoms. The van der Waals surface area contributed by atoms with Gasteiger partial charge in [-0.15, -0.1) is 0 Å². The van der Waals surface area contributed by atoms with Crippen molar-refractivity contribution in [2.75, 3.05) is 0 Å². The van der Waals surface area contributed by atoms with Crippen molar-refractivity contribution in [1.82, 2.24) is 0 Å². The first kappa shape index (κ1) is 8.76. The summed E-state index contributed by atoms with van der Waals surface area (Å²) in [5, 5.41) is 4.20. The van der Waals surface area contributed by atoms with Gasteiger partial charge in [-0.3, -0.25) is 0 Å². The van der Waals surface area contributed by atoms with Crippen LogP contribution >= 0.6 is 7.53 Å². The molecule has 0 aliphatic carbocycles. The topological polar surface area (TPSA) is 0 Å². The number of rotatable bonds is 1. The van der Waals surface area contributed by atoms with E-state index in [1.54, 1.807) is 0 Å². The van der Waals surface area contributed by atoms with Crippen molar-refractivity contribution in [2.24, 2.45) is 0 Å². The summed E-state index contributed by atoms with van der Waals surface area (Å²) < 4.78 is 0. The monoisotopic (exact) mass is 210 g/mol. The van der Waals surface area contributed by atoms with Gasteiger partial charge in [-0.1, -0.05) is 62.1 Å². The molecule has 0 amide bonds. The SMILES string of the molecule is c1ccc(-p2cc3ccccc3c2)cc1. The van der Waals surface area contributed by atoms with Crippen LogP contribution in [0, 0.1) is 0 Å². The summed E-state index contributed by atoms with van der Waals surface area (Å²) in [7, 11) is -0.217. The zero-order chi connectivity index (χ0) is 10.1. The maximum Gasteiger partial charge on any atom is -0.00215 e. The van der Waals surface area contributed by atoms with Crippen LogP contribution in [0.2, 0.25) is 0 Å². The summed E-state index contributed by atoms with van der Waals surface area (Å²) in [6.45, 7) is 0. The second kappa shape index (κ2) is 3.56. The Balaban J connectivity index is 2.21. The fourth-order valence-electron chi connectivity index (χ4n) is 1.83. The van der Waals surface area contributed by atoms with Crippen molar-refractivity contribution in [3.63, 3.8) is 0 Å². The molecule has 15 heavy (non-hydrogen) atoms. The molecule has 0 spiro atoms. The molecule has 2 aromatic carbocycles. The minimum atomic E-state index is -0.217. The summed E-state index contributed by atoms with van der Waals surface area (Å²) in [6, 6.07) is 19.3. The van der Waals surface area contributed by atoms with Gasteiger partial charge in [0.1, 0.15) is 0 Å². The van der Waals surface area contributed by atoms with Crippen molar-refractivity contribution in [2.45, 2.75) is 0 Å². The molecule has 0 bridgehead atoms. The van der Waals surface area contributed by atoms with Crippen LogP contribution < -0.4 is 0 Å². The van der Waals surface area contributed by atoms with E-state index in [1.165, 1.54) is 16.1 Å². The van der Waals surface area contributed by atoms with Crippen molar-refractivity contribution >= 4 is 18.3 Å². The molecule has 1 heterocycles. The molecular formula is C14H11P. The molecule has 0 unspecified atom stereocenters. The number of hydrogen-bond acceptors (Lipinski definition) is 0. The molecule has 0 saturated carbocycles. The zero-order valence-corrected chi connectivity index (χ0v) is 9.19. The lowest BCUT2D eigenvalue weighted by Gasteiger charge is -1.95. The quantitative estimate of drug-likeness (QED) is 0.540. The lowest BCUT2D eigenvalue weighted by Crippen LogP contribution is -1.60. The van der Waals surface area contributed by atoms with Gasteiger partial charge in [-0.2, -0.15) is 0 Å². The molecule has 3 rings (SSSR count). The van der Waals surface area contributed by atoms with Crippen LogP contribution in [0.3, 0.4) is 0 Å². The minimum Gasteiger partial charge on any atom is -0.0922 e. The molecule has 0 N–H and O–H groups in total. The third-order valence-electron chi connectivity index (χ3n) is 2.61. The molecule has 0 aliphatic rings. The summed E-state index contributed by atoms with van der Waals surface area (Å²) in [6.07, 6.45) is 0. The van der Waals surface area contributed by atoms with Gasteiger partial charge in [0.2, 0.25) is 0 Å². The van der Waals surface area contributed by atoms with Crippen LogP contribution in [0.25, 0.3) is 16.1 Å². The first-order valence-corrected chi connectivity index (χ1v) is 6.54. The summed E-state index contributed by atoms with van der Waals surface area (Å²) >= 11 is 0. The molecule has 3 aromatic rings. The van der Waals surface area contributed by atoms with Crippen LogP contribution in [0.5, 0.6) is 0 Å². The van der Waals surface area contributed by atoms with E-state index in [0.29, 0.717) is 0 Å². The van der Waals surface area contributed by atoms with Gasteiger partial charge in [0.15, 0.2) is 0 Å². The fraction of sp³-hybridized carbons (Fsp3) is 0.